The predicted molar refractivity (Wildman–Crippen MR) is 60.5 cm³/mol. The molecule has 0 aliphatic rings. The molecule has 0 aromatic heterocycles. The molecule has 88 valence electrons. The van der Waals surface area contributed by atoms with E-state index in [1.165, 1.54) is 19.3 Å². The van der Waals surface area contributed by atoms with Crippen molar-refractivity contribution >= 4 is 11.8 Å². The number of unbranched alkanes of at least 4 members (excludes halogenated alkanes) is 4. The van der Waals surface area contributed by atoms with E-state index in [2.05, 4.69) is 17.6 Å². The molecule has 4 heteroatoms. The van der Waals surface area contributed by atoms with Gasteiger partial charge in [-0.05, 0) is 13.3 Å². The minimum absolute atomic E-state index is 0.489. The molecule has 15 heavy (non-hydrogen) atoms. The van der Waals surface area contributed by atoms with E-state index in [0.717, 1.165) is 12.8 Å². The second-order valence-electron chi connectivity index (χ2n) is 3.53. The zero-order chi connectivity index (χ0) is 11.5. The average Bonchev–Trinajstić information content (AvgIpc) is 2.23. The summed E-state index contributed by atoms with van der Waals surface area (Å²) in [5, 5.41) is 5.05. The fourth-order valence-electron chi connectivity index (χ4n) is 1.25. The number of rotatable bonds is 7. The number of hydrogen-bond acceptors (Lipinski definition) is 2. The first-order valence-electron chi connectivity index (χ1n) is 5.78. The number of amides is 2. The van der Waals surface area contributed by atoms with Crippen LogP contribution in [0.15, 0.2) is 0 Å². The van der Waals surface area contributed by atoms with Crippen LogP contribution in [0.4, 0.5) is 0 Å². The van der Waals surface area contributed by atoms with Crippen LogP contribution in [0, 0.1) is 0 Å². The maximum atomic E-state index is 11.1. The van der Waals surface area contributed by atoms with Crippen LogP contribution in [0.1, 0.15) is 46.0 Å². The monoisotopic (exact) mass is 214 g/mol. The van der Waals surface area contributed by atoms with E-state index in [9.17, 15) is 9.59 Å². The zero-order valence-electron chi connectivity index (χ0n) is 9.77. The highest BCUT2D eigenvalue weighted by Crippen LogP contribution is 2.00. The summed E-state index contributed by atoms with van der Waals surface area (Å²) in [6, 6.07) is 0. The third-order valence-electron chi connectivity index (χ3n) is 2.11. The molecule has 0 bridgehead atoms. The molecule has 0 saturated carbocycles. The largest absolute Gasteiger partial charge is 0.348 e. The van der Waals surface area contributed by atoms with E-state index in [1.54, 1.807) is 6.92 Å². The highest BCUT2D eigenvalue weighted by Gasteiger charge is 2.10. The molecule has 0 heterocycles. The summed E-state index contributed by atoms with van der Waals surface area (Å²) in [7, 11) is 0. The molecule has 0 saturated heterocycles. The molecule has 0 rings (SSSR count). The summed E-state index contributed by atoms with van der Waals surface area (Å²) in [5.41, 5.74) is 0. The minimum atomic E-state index is -0.536. The van der Waals surface area contributed by atoms with Gasteiger partial charge in [0, 0.05) is 13.1 Å². The lowest BCUT2D eigenvalue weighted by Gasteiger charge is -2.04. The molecule has 0 spiro atoms. The van der Waals surface area contributed by atoms with Crippen LogP contribution in [0.2, 0.25) is 0 Å². The molecule has 0 aliphatic heterocycles. The Morgan fingerprint density at radius 2 is 1.47 bits per heavy atom. The minimum Gasteiger partial charge on any atom is -0.348 e. The first-order chi connectivity index (χ1) is 7.22. The molecular weight excluding hydrogens is 192 g/mol. The summed E-state index contributed by atoms with van der Waals surface area (Å²) < 4.78 is 0. The van der Waals surface area contributed by atoms with E-state index in [-0.39, 0.29) is 0 Å². The van der Waals surface area contributed by atoms with E-state index >= 15 is 0 Å². The fourth-order valence-corrected chi connectivity index (χ4v) is 1.25. The van der Waals surface area contributed by atoms with Gasteiger partial charge in [0.2, 0.25) is 0 Å². The van der Waals surface area contributed by atoms with Crippen molar-refractivity contribution in [1.29, 1.82) is 0 Å². The fraction of sp³-hybridized carbons (Fsp3) is 0.818. The topological polar surface area (TPSA) is 58.2 Å². The van der Waals surface area contributed by atoms with Gasteiger partial charge in [-0.2, -0.15) is 0 Å². The van der Waals surface area contributed by atoms with Crippen LogP contribution in [0.3, 0.4) is 0 Å². The molecule has 0 aromatic carbocycles. The zero-order valence-corrected chi connectivity index (χ0v) is 9.77. The standard InChI is InChI=1S/C11H22N2O2/c1-3-5-6-7-8-9-13-11(15)10(14)12-4-2/h3-9H2,1-2H3,(H,12,14)(H,13,15). The van der Waals surface area contributed by atoms with Crippen molar-refractivity contribution in [1.82, 2.24) is 10.6 Å². The molecule has 2 N–H and O–H groups in total. The summed E-state index contributed by atoms with van der Waals surface area (Å²) in [4.78, 5) is 22.1. The molecule has 0 atom stereocenters. The molecule has 4 nitrogen and oxygen atoms in total. The van der Waals surface area contributed by atoms with Crippen LogP contribution >= 0.6 is 0 Å². The van der Waals surface area contributed by atoms with E-state index in [4.69, 9.17) is 0 Å². The quantitative estimate of drug-likeness (QED) is 0.494. The van der Waals surface area contributed by atoms with E-state index in [1.807, 2.05) is 0 Å². The van der Waals surface area contributed by atoms with Crippen molar-refractivity contribution in [3.05, 3.63) is 0 Å². The van der Waals surface area contributed by atoms with Crippen LogP contribution in [-0.4, -0.2) is 24.9 Å². The van der Waals surface area contributed by atoms with Crippen LogP contribution < -0.4 is 10.6 Å². The number of nitrogens with one attached hydrogen (secondary N) is 2. The predicted octanol–water partition coefficient (Wildman–Crippen LogP) is 1.21. The lowest BCUT2D eigenvalue weighted by atomic mass is 10.1. The lowest BCUT2D eigenvalue weighted by molar-refractivity contribution is -0.139. The number of carbonyl (C=O) groups is 2. The lowest BCUT2D eigenvalue weighted by Crippen LogP contribution is -2.40. The SMILES string of the molecule is CCCCCCCNC(=O)C(=O)NCC. The molecule has 0 aromatic rings. The van der Waals surface area contributed by atoms with Crippen molar-refractivity contribution < 1.29 is 9.59 Å². The van der Waals surface area contributed by atoms with Crippen molar-refractivity contribution in [3.8, 4) is 0 Å². The summed E-state index contributed by atoms with van der Waals surface area (Å²) >= 11 is 0. The van der Waals surface area contributed by atoms with Gasteiger partial charge in [0.25, 0.3) is 0 Å². The van der Waals surface area contributed by atoms with E-state index < -0.39 is 11.8 Å². The van der Waals surface area contributed by atoms with Gasteiger partial charge in [-0.1, -0.05) is 32.6 Å². The van der Waals surface area contributed by atoms with Crippen LogP contribution in [0.5, 0.6) is 0 Å². The summed E-state index contributed by atoms with van der Waals surface area (Å²) in [6.07, 6.45) is 5.72. The van der Waals surface area contributed by atoms with Gasteiger partial charge in [0.1, 0.15) is 0 Å². The van der Waals surface area contributed by atoms with E-state index in [0.29, 0.717) is 13.1 Å². The number of carbonyl (C=O) groups excluding carboxylic acids is 2. The Hall–Kier alpha value is -1.06. The third kappa shape index (κ3) is 7.97. The summed E-state index contributed by atoms with van der Waals surface area (Å²) in [5.74, 6) is -1.06. The maximum Gasteiger partial charge on any atom is 0.309 e. The van der Waals surface area contributed by atoms with Gasteiger partial charge in [0.15, 0.2) is 0 Å². The van der Waals surface area contributed by atoms with Gasteiger partial charge in [0.05, 0.1) is 0 Å². The Bertz CT molecular complexity index is 193. The summed E-state index contributed by atoms with van der Waals surface area (Å²) in [6.45, 7) is 5.04. The Balaban J connectivity index is 3.35. The first-order valence-corrected chi connectivity index (χ1v) is 5.78. The molecule has 0 fully saturated rings. The Kier molecular flexibility index (Phi) is 8.82. The van der Waals surface area contributed by atoms with Crippen LogP contribution in [-0.2, 0) is 9.59 Å². The van der Waals surface area contributed by atoms with Gasteiger partial charge in [-0.15, -0.1) is 0 Å². The maximum absolute atomic E-state index is 11.1. The first kappa shape index (κ1) is 13.9. The molecule has 0 aliphatic carbocycles. The van der Waals surface area contributed by atoms with Crippen molar-refractivity contribution in [3.63, 3.8) is 0 Å². The Morgan fingerprint density at radius 1 is 0.867 bits per heavy atom. The highest BCUT2D eigenvalue weighted by molar-refractivity contribution is 6.35. The Morgan fingerprint density at radius 3 is 2.07 bits per heavy atom. The van der Waals surface area contributed by atoms with Gasteiger partial charge >= 0.3 is 11.8 Å². The number of likely N-dealkylation sites (N-methyl/N-ethyl adjacent to an activating group) is 1. The Labute approximate surface area is 91.8 Å². The number of hydrogen-bond donors (Lipinski definition) is 2. The average molecular weight is 214 g/mol. The third-order valence-corrected chi connectivity index (χ3v) is 2.11. The van der Waals surface area contributed by atoms with Gasteiger partial charge in [-0.25, -0.2) is 0 Å². The van der Waals surface area contributed by atoms with Crippen molar-refractivity contribution in [2.45, 2.75) is 46.0 Å². The van der Waals surface area contributed by atoms with Crippen molar-refractivity contribution in [2.24, 2.45) is 0 Å². The molecule has 0 radical (unpaired) electrons. The van der Waals surface area contributed by atoms with Gasteiger partial charge in [-0.3, -0.25) is 9.59 Å². The van der Waals surface area contributed by atoms with Gasteiger partial charge < -0.3 is 10.6 Å². The smallest absolute Gasteiger partial charge is 0.309 e. The van der Waals surface area contributed by atoms with Crippen molar-refractivity contribution in [2.75, 3.05) is 13.1 Å². The second kappa shape index (κ2) is 9.49. The highest BCUT2D eigenvalue weighted by atomic mass is 16.2. The second-order valence-corrected chi connectivity index (χ2v) is 3.53. The van der Waals surface area contributed by atoms with Crippen LogP contribution in [0.25, 0.3) is 0 Å². The molecule has 0 unspecified atom stereocenters. The normalized spacial score (nSPS) is 9.73. The molecular formula is C11H22N2O2. The molecule has 2 amide bonds.